The first-order valence-electron chi connectivity index (χ1n) is 5.16. The summed E-state index contributed by atoms with van der Waals surface area (Å²) in [5.74, 6) is 0. The van der Waals surface area contributed by atoms with Crippen molar-refractivity contribution in [2.24, 2.45) is 0 Å². The molecule has 82 valence electrons. The Hall–Kier alpha value is -0.940. The average molecular weight is 296 g/mol. The lowest BCUT2D eigenvalue weighted by molar-refractivity contribution is 0.541. The maximum atomic E-state index is 5.36. The number of pyridine rings is 1. The number of allylic oxidation sites excluding steroid dienone is 2. The molecule has 5 heteroatoms. The molecule has 0 atom stereocenters. The molecular formula is C11H10BrN3S. The molecule has 2 aromatic rings. The summed E-state index contributed by atoms with van der Waals surface area (Å²) < 4.78 is 3.85. The lowest BCUT2D eigenvalue weighted by Gasteiger charge is -2.11. The predicted molar refractivity (Wildman–Crippen MR) is 70.0 cm³/mol. The second-order valence-electron chi connectivity index (χ2n) is 3.92. The van der Waals surface area contributed by atoms with Crippen LogP contribution in [0, 0.1) is 4.77 Å². The number of H-pyrrole nitrogens is 1. The van der Waals surface area contributed by atoms with Gasteiger partial charge in [-0.05, 0) is 47.1 Å². The molecule has 1 aliphatic carbocycles. The van der Waals surface area contributed by atoms with Crippen molar-refractivity contribution in [2.75, 3.05) is 0 Å². The number of fused-ring (bicyclic) bond motifs is 1. The zero-order valence-electron chi connectivity index (χ0n) is 8.48. The van der Waals surface area contributed by atoms with Gasteiger partial charge in [-0.1, -0.05) is 12.2 Å². The van der Waals surface area contributed by atoms with E-state index in [2.05, 4.69) is 42.6 Å². The summed E-state index contributed by atoms with van der Waals surface area (Å²) >= 11 is 8.77. The molecule has 3 rings (SSSR count). The topological polar surface area (TPSA) is 33.6 Å². The van der Waals surface area contributed by atoms with E-state index in [4.69, 9.17) is 12.2 Å². The molecule has 1 N–H and O–H groups in total. The van der Waals surface area contributed by atoms with E-state index >= 15 is 0 Å². The van der Waals surface area contributed by atoms with Gasteiger partial charge >= 0.3 is 0 Å². The third kappa shape index (κ3) is 1.55. The molecule has 0 aliphatic heterocycles. The Labute approximate surface area is 106 Å². The van der Waals surface area contributed by atoms with E-state index in [0.717, 1.165) is 33.2 Å². The molecule has 0 radical (unpaired) electrons. The zero-order chi connectivity index (χ0) is 11.1. The van der Waals surface area contributed by atoms with Crippen LogP contribution >= 0.6 is 28.1 Å². The summed E-state index contributed by atoms with van der Waals surface area (Å²) in [6.45, 7) is 0. The van der Waals surface area contributed by atoms with Gasteiger partial charge in [0.1, 0.15) is 0 Å². The molecule has 0 unspecified atom stereocenters. The number of aromatic nitrogens is 3. The largest absolute Gasteiger partial charge is 0.329 e. The Morgan fingerprint density at radius 3 is 2.94 bits per heavy atom. The van der Waals surface area contributed by atoms with Crippen molar-refractivity contribution in [2.45, 2.75) is 18.9 Å². The Balaban J connectivity index is 2.23. The van der Waals surface area contributed by atoms with Gasteiger partial charge in [-0.3, -0.25) is 4.57 Å². The lowest BCUT2D eigenvalue weighted by atomic mass is 10.2. The summed E-state index contributed by atoms with van der Waals surface area (Å²) in [6.07, 6.45) is 8.29. The number of nitrogens with one attached hydrogen (secondary N) is 1. The number of imidazole rings is 1. The van der Waals surface area contributed by atoms with Gasteiger partial charge in [0.25, 0.3) is 0 Å². The Kier molecular flexibility index (Phi) is 2.44. The first-order valence-corrected chi connectivity index (χ1v) is 6.36. The van der Waals surface area contributed by atoms with Gasteiger partial charge < -0.3 is 4.98 Å². The highest BCUT2D eigenvalue weighted by atomic mass is 79.9. The molecule has 0 fully saturated rings. The van der Waals surface area contributed by atoms with E-state index in [1.807, 2.05) is 12.3 Å². The van der Waals surface area contributed by atoms with Gasteiger partial charge in [0.2, 0.25) is 0 Å². The van der Waals surface area contributed by atoms with Gasteiger partial charge in [0.15, 0.2) is 10.4 Å². The first-order chi connectivity index (χ1) is 7.75. The van der Waals surface area contributed by atoms with Crippen LogP contribution in [0.4, 0.5) is 0 Å². The highest BCUT2D eigenvalue weighted by molar-refractivity contribution is 9.10. The van der Waals surface area contributed by atoms with E-state index in [1.165, 1.54) is 0 Å². The fourth-order valence-corrected chi connectivity index (χ4v) is 2.82. The number of nitrogens with zero attached hydrogens (tertiary/aromatic N) is 2. The summed E-state index contributed by atoms with van der Waals surface area (Å²) in [4.78, 5) is 7.64. The van der Waals surface area contributed by atoms with Crippen LogP contribution in [0.3, 0.4) is 0 Å². The average Bonchev–Trinajstić information content (AvgIpc) is 2.83. The number of aromatic amines is 1. The monoisotopic (exact) mass is 295 g/mol. The molecule has 1 aliphatic rings. The van der Waals surface area contributed by atoms with Gasteiger partial charge in [0, 0.05) is 16.7 Å². The molecule has 0 spiro atoms. The van der Waals surface area contributed by atoms with Crippen molar-refractivity contribution in [1.82, 2.24) is 14.5 Å². The predicted octanol–water partition coefficient (Wildman–Crippen LogP) is 3.75. The Morgan fingerprint density at radius 2 is 2.19 bits per heavy atom. The van der Waals surface area contributed by atoms with Crippen molar-refractivity contribution < 1.29 is 0 Å². The molecule has 0 aromatic carbocycles. The quantitative estimate of drug-likeness (QED) is 0.642. The minimum Gasteiger partial charge on any atom is -0.329 e. The third-order valence-electron chi connectivity index (χ3n) is 2.87. The number of rotatable bonds is 1. The summed E-state index contributed by atoms with van der Waals surface area (Å²) in [6, 6.07) is 2.44. The molecule has 3 nitrogen and oxygen atoms in total. The summed E-state index contributed by atoms with van der Waals surface area (Å²) in [5.41, 5.74) is 1.94. The van der Waals surface area contributed by atoms with Crippen LogP contribution in [0.15, 0.2) is 28.9 Å². The van der Waals surface area contributed by atoms with Crippen LogP contribution in [-0.4, -0.2) is 14.5 Å². The van der Waals surface area contributed by atoms with E-state index in [9.17, 15) is 0 Å². The van der Waals surface area contributed by atoms with Crippen LogP contribution in [-0.2, 0) is 0 Å². The zero-order valence-corrected chi connectivity index (χ0v) is 10.9. The SMILES string of the molecule is S=c1[nH]c2cc(Br)cnc2n1C1CC=CC1. The second kappa shape index (κ2) is 3.82. The van der Waals surface area contributed by atoms with Gasteiger partial charge in [-0.2, -0.15) is 0 Å². The van der Waals surface area contributed by atoms with Gasteiger partial charge in [0.05, 0.1) is 5.52 Å². The minimum absolute atomic E-state index is 0.426. The Morgan fingerprint density at radius 1 is 1.44 bits per heavy atom. The molecular weight excluding hydrogens is 286 g/mol. The molecule has 2 heterocycles. The molecule has 2 aromatic heterocycles. The fourth-order valence-electron chi connectivity index (χ4n) is 2.14. The molecule has 0 saturated heterocycles. The highest BCUT2D eigenvalue weighted by Crippen LogP contribution is 2.28. The van der Waals surface area contributed by atoms with Crippen molar-refractivity contribution in [1.29, 1.82) is 0 Å². The van der Waals surface area contributed by atoms with Crippen LogP contribution in [0.2, 0.25) is 0 Å². The van der Waals surface area contributed by atoms with E-state index in [1.54, 1.807) is 0 Å². The summed E-state index contributed by atoms with van der Waals surface area (Å²) in [7, 11) is 0. The molecule has 0 amide bonds. The molecule has 16 heavy (non-hydrogen) atoms. The minimum atomic E-state index is 0.426. The van der Waals surface area contributed by atoms with E-state index in [0.29, 0.717) is 6.04 Å². The normalized spacial score (nSPS) is 16.3. The lowest BCUT2D eigenvalue weighted by Crippen LogP contribution is -2.05. The van der Waals surface area contributed by atoms with Crippen LogP contribution in [0.5, 0.6) is 0 Å². The smallest absolute Gasteiger partial charge is 0.179 e. The molecule has 0 saturated carbocycles. The van der Waals surface area contributed by atoms with Crippen molar-refractivity contribution in [3.05, 3.63) is 33.7 Å². The van der Waals surface area contributed by atoms with Crippen LogP contribution in [0.25, 0.3) is 11.2 Å². The maximum Gasteiger partial charge on any atom is 0.179 e. The Bertz CT molecular complexity index is 618. The number of hydrogen-bond donors (Lipinski definition) is 1. The maximum absolute atomic E-state index is 5.36. The number of hydrogen-bond acceptors (Lipinski definition) is 2. The van der Waals surface area contributed by atoms with Crippen LogP contribution in [0.1, 0.15) is 18.9 Å². The van der Waals surface area contributed by atoms with Crippen molar-refractivity contribution >= 4 is 39.3 Å². The van der Waals surface area contributed by atoms with E-state index < -0.39 is 0 Å². The number of halogens is 1. The second-order valence-corrected chi connectivity index (χ2v) is 5.22. The fraction of sp³-hybridized carbons (Fsp3) is 0.273. The van der Waals surface area contributed by atoms with Crippen molar-refractivity contribution in [3.63, 3.8) is 0 Å². The summed E-state index contributed by atoms with van der Waals surface area (Å²) in [5, 5.41) is 0. The highest BCUT2D eigenvalue weighted by Gasteiger charge is 2.17. The standard InChI is InChI=1S/C11H10BrN3S/c12-7-5-9-10(13-6-7)15(11(16)14-9)8-3-1-2-4-8/h1-2,5-6,8H,3-4H2,(H,14,16). The molecule has 0 bridgehead atoms. The van der Waals surface area contributed by atoms with Crippen molar-refractivity contribution in [3.8, 4) is 0 Å². The van der Waals surface area contributed by atoms with Crippen LogP contribution < -0.4 is 0 Å². The third-order valence-corrected chi connectivity index (χ3v) is 3.60. The van der Waals surface area contributed by atoms with E-state index in [-0.39, 0.29) is 0 Å². The van der Waals surface area contributed by atoms with Gasteiger partial charge in [-0.25, -0.2) is 4.98 Å². The first kappa shape index (κ1) is 10.2. The van der Waals surface area contributed by atoms with Gasteiger partial charge in [-0.15, -0.1) is 0 Å².